The zero-order valence-corrected chi connectivity index (χ0v) is 21.4. The minimum absolute atomic E-state index is 0.0341. The predicted molar refractivity (Wildman–Crippen MR) is 136 cm³/mol. The Labute approximate surface area is 216 Å². The molecule has 11 nitrogen and oxygen atoms in total. The number of morpholine rings is 1. The lowest BCUT2D eigenvalue weighted by Gasteiger charge is -2.41. The zero-order chi connectivity index (χ0) is 26.4. The first-order valence-electron chi connectivity index (χ1n) is 12.8. The van der Waals surface area contributed by atoms with E-state index in [1.54, 1.807) is 0 Å². The molecule has 202 valence electrons. The van der Waals surface area contributed by atoms with Crippen molar-refractivity contribution in [3.05, 3.63) is 35.4 Å². The molecule has 0 spiro atoms. The highest BCUT2D eigenvalue weighted by Crippen LogP contribution is 2.34. The molecule has 4 rings (SSSR count). The number of hydrogen-bond acceptors (Lipinski definition) is 9. The molecule has 2 N–H and O–H groups in total. The quantitative estimate of drug-likeness (QED) is 0.448. The van der Waals surface area contributed by atoms with Crippen molar-refractivity contribution < 1.29 is 34.1 Å². The minimum Gasteiger partial charge on any atom is -0.480 e. The summed E-state index contributed by atoms with van der Waals surface area (Å²) in [5, 5.41) is 29.1. The van der Waals surface area contributed by atoms with E-state index in [9.17, 15) is 9.59 Å². The van der Waals surface area contributed by atoms with Crippen molar-refractivity contribution >= 4 is 23.9 Å². The fraction of sp³-hybridized carbons (Fsp3) is 0.615. The molecule has 3 aliphatic heterocycles. The first-order valence-corrected chi connectivity index (χ1v) is 12.8. The second-order valence-electron chi connectivity index (χ2n) is 10.2. The molecule has 0 saturated carbocycles. The number of benzene rings is 1. The molecule has 2 fully saturated rings. The number of carboxylic acid groups (broad SMARTS) is 2. The molecule has 0 aromatic heterocycles. The molecule has 0 amide bonds. The molecule has 3 aliphatic rings. The largest absolute Gasteiger partial charge is 0.480 e. The number of hydrazone groups is 1. The molecule has 2 saturated heterocycles. The van der Waals surface area contributed by atoms with Gasteiger partial charge in [-0.15, -0.1) is 0 Å². The van der Waals surface area contributed by atoms with Crippen molar-refractivity contribution in [1.82, 2.24) is 9.91 Å². The Morgan fingerprint density at radius 2 is 1.81 bits per heavy atom. The highest BCUT2D eigenvalue weighted by molar-refractivity contribution is 6.01. The summed E-state index contributed by atoms with van der Waals surface area (Å²) in [6, 6.07) is 7.99. The van der Waals surface area contributed by atoms with Gasteiger partial charge in [-0.3, -0.25) is 14.7 Å². The summed E-state index contributed by atoms with van der Waals surface area (Å²) in [6.45, 7) is 6.25. The number of oxime groups is 1. The molecule has 3 heterocycles. The first-order chi connectivity index (χ1) is 17.7. The fourth-order valence-corrected chi connectivity index (χ4v) is 5.21. The van der Waals surface area contributed by atoms with E-state index in [4.69, 9.17) is 24.5 Å². The van der Waals surface area contributed by atoms with Gasteiger partial charge in [-0.2, -0.15) is 5.10 Å². The van der Waals surface area contributed by atoms with Crippen molar-refractivity contribution in [1.29, 1.82) is 0 Å². The smallest absolute Gasteiger partial charge is 0.329 e. The maximum absolute atomic E-state index is 11.2. The van der Waals surface area contributed by atoms with E-state index in [1.165, 1.54) is 0 Å². The van der Waals surface area contributed by atoms with Gasteiger partial charge in [0.15, 0.2) is 0 Å². The standard InChI is InChI=1S/C26H36N4O7/c1-18-14-30(15-19(2)36-18)27-13-20-3-5-21(6-4-20)23-11-22(37-28-23)12-26(35-17-25(33)34)7-9-29(10-8-26)16-24(31)32/h3-6,13,18-19,22H,7-12,14-17H2,1-2H3,(H,31,32)(H,33,34). The third kappa shape index (κ3) is 7.73. The van der Waals surface area contributed by atoms with Gasteiger partial charge >= 0.3 is 11.9 Å². The van der Waals surface area contributed by atoms with Gasteiger partial charge in [-0.1, -0.05) is 29.4 Å². The van der Waals surface area contributed by atoms with Crippen LogP contribution in [0, 0.1) is 0 Å². The predicted octanol–water partition coefficient (Wildman–Crippen LogP) is 2.03. The maximum Gasteiger partial charge on any atom is 0.329 e. The van der Waals surface area contributed by atoms with Crippen molar-refractivity contribution in [2.45, 2.75) is 63.4 Å². The van der Waals surface area contributed by atoms with Crippen LogP contribution in [0.15, 0.2) is 34.5 Å². The third-order valence-electron chi connectivity index (χ3n) is 6.98. The molecule has 37 heavy (non-hydrogen) atoms. The van der Waals surface area contributed by atoms with Gasteiger partial charge in [0.2, 0.25) is 0 Å². The third-order valence-corrected chi connectivity index (χ3v) is 6.98. The summed E-state index contributed by atoms with van der Waals surface area (Å²) in [5.74, 6) is -1.91. The van der Waals surface area contributed by atoms with Gasteiger partial charge in [-0.25, -0.2) is 4.79 Å². The zero-order valence-electron chi connectivity index (χ0n) is 21.4. The van der Waals surface area contributed by atoms with E-state index in [2.05, 4.69) is 10.3 Å². The molecule has 0 radical (unpaired) electrons. The molecule has 3 atom stereocenters. The van der Waals surface area contributed by atoms with Gasteiger partial charge in [0.25, 0.3) is 0 Å². The summed E-state index contributed by atoms with van der Waals surface area (Å²) < 4.78 is 11.6. The molecule has 11 heteroatoms. The summed E-state index contributed by atoms with van der Waals surface area (Å²) in [6.07, 6.45) is 4.09. The lowest BCUT2D eigenvalue weighted by atomic mass is 9.84. The number of carbonyl (C=O) groups is 2. The monoisotopic (exact) mass is 516 g/mol. The van der Waals surface area contributed by atoms with Gasteiger partial charge in [0.05, 0.1) is 49.4 Å². The molecular weight excluding hydrogens is 480 g/mol. The SMILES string of the molecule is CC1CN(N=Cc2ccc(C3=NOC(CC4(OCC(=O)O)CCN(CC(=O)O)CC4)C3)cc2)CC(C)O1. The van der Waals surface area contributed by atoms with Crippen LogP contribution >= 0.6 is 0 Å². The van der Waals surface area contributed by atoms with Crippen LogP contribution in [0.4, 0.5) is 0 Å². The van der Waals surface area contributed by atoms with Gasteiger partial charge in [-0.05, 0) is 37.8 Å². The van der Waals surface area contributed by atoms with Gasteiger partial charge in [0.1, 0.15) is 12.7 Å². The number of rotatable bonds is 10. The average Bonchev–Trinajstić information content (AvgIpc) is 3.31. The van der Waals surface area contributed by atoms with Crippen molar-refractivity contribution in [2.24, 2.45) is 10.3 Å². The fourth-order valence-electron chi connectivity index (χ4n) is 5.21. The molecule has 1 aromatic carbocycles. The Morgan fingerprint density at radius 3 is 2.43 bits per heavy atom. The molecule has 1 aromatic rings. The lowest BCUT2D eigenvalue weighted by Crippen LogP contribution is -2.49. The molecule has 3 unspecified atom stereocenters. The van der Waals surface area contributed by atoms with E-state index in [1.807, 2.05) is 54.2 Å². The summed E-state index contributed by atoms with van der Waals surface area (Å²) in [5.41, 5.74) is 2.10. The maximum atomic E-state index is 11.2. The second kappa shape index (κ2) is 12.0. The number of nitrogens with zero attached hydrogens (tertiary/aromatic N) is 4. The average molecular weight is 517 g/mol. The van der Waals surface area contributed by atoms with E-state index >= 15 is 0 Å². The van der Waals surface area contributed by atoms with Gasteiger partial charge in [0, 0.05) is 25.9 Å². The summed E-state index contributed by atoms with van der Waals surface area (Å²) in [4.78, 5) is 29.8. The number of hydrogen-bond donors (Lipinski definition) is 2. The Bertz CT molecular complexity index is 995. The van der Waals surface area contributed by atoms with Crippen LogP contribution in [-0.4, -0.2) is 107 Å². The Hall–Kier alpha value is -3.02. The van der Waals surface area contributed by atoms with Crippen molar-refractivity contribution in [3.63, 3.8) is 0 Å². The van der Waals surface area contributed by atoms with Crippen LogP contribution in [0.2, 0.25) is 0 Å². The van der Waals surface area contributed by atoms with Crippen molar-refractivity contribution in [3.8, 4) is 0 Å². The van der Waals surface area contributed by atoms with E-state index in [0.29, 0.717) is 38.8 Å². The van der Waals surface area contributed by atoms with E-state index in [-0.39, 0.29) is 24.9 Å². The number of aliphatic carboxylic acids is 2. The van der Waals surface area contributed by atoms with Gasteiger partial charge < -0.3 is 24.5 Å². The Morgan fingerprint density at radius 1 is 1.14 bits per heavy atom. The van der Waals surface area contributed by atoms with Crippen LogP contribution in [-0.2, 0) is 23.9 Å². The minimum atomic E-state index is -1.03. The van der Waals surface area contributed by atoms with Crippen molar-refractivity contribution in [2.75, 3.05) is 39.3 Å². The van der Waals surface area contributed by atoms with Crippen LogP contribution in [0.25, 0.3) is 0 Å². The molecule has 0 aliphatic carbocycles. The molecule has 0 bridgehead atoms. The van der Waals surface area contributed by atoms with Crippen LogP contribution in [0.1, 0.15) is 50.7 Å². The van der Waals surface area contributed by atoms with E-state index in [0.717, 1.165) is 29.9 Å². The highest BCUT2D eigenvalue weighted by atomic mass is 16.6. The summed E-state index contributed by atoms with van der Waals surface area (Å²) >= 11 is 0. The lowest BCUT2D eigenvalue weighted by molar-refractivity contribution is -0.159. The van der Waals surface area contributed by atoms with Crippen LogP contribution in [0.5, 0.6) is 0 Å². The Balaban J connectivity index is 1.32. The normalized spacial score (nSPS) is 26.2. The number of carboxylic acids is 2. The number of ether oxygens (including phenoxy) is 2. The highest BCUT2D eigenvalue weighted by Gasteiger charge is 2.40. The second-order valence-corrected chi connectivity index (χ2v) is 10.2. The molecular formula is C26H36N4O7. The number of likely N-dealkylation sites (tertiary alicyclic amines) is 1. The summed E-state index contributed by atoms with van der Waals surface area (Å²) in [7, 11) is 0. The Kier molecular flexibility index (Phi) is 8.78. The first kappa shape index (κ1) is 27.0. The van der Waals surface area contributed by atoms with Crippen LogP contribution < -0.4 is 0 Å². The topological polar surface area (TPSA) is 133 Å². The number of piperidine rings is 1. The van der Waals surface area contributed by atoms with E-state index < -0.39 is 24.1 Å². The van der Waals surface area contributed by atoms with Crippen LogP contribution in [0.3, 0.4) is 0 Å².